The van der Waals surface area contributed by atoms with Gasteiger partial charge in [-0.3, -0.25) is 4.72 Å². The molecule has 4 nitrogen and oxygen atoms in total. The monoisotopic (exact) mass is 360 g/mol. The smallest absolute Gasteiger partial charge is 0.262 e. The predicted molar refractivity (Wildman–Crippen MR) is 80.8 cm³/mol. The van der Waals surface area contributed by atoms with E-state index in [9.17, 15) is 8.42 Å². The van der Waals surface area contributed by atoms with Crippen LogP contribution in [0.5, 0.6) is 0 Å². The standard InChI is InChI=1S/C12H10BrClN2O2S/c13-8-2-1-3-10(6-8)19(17,18)16-12-7-9(14)4-5-11(12)15/h1-7,16H,15H2. The summed E-state index contributed by atoms with van der Waals surface area (Å²) in [5.74, 6) is 0. The maximum Gasteiger partial charge on any atom is 0.262 e. The molecule has 0 saturated heterocycles. The van der Waals surface area contributed by atoms with Crippen molar-refractivity contribution in [3.05, 3.63) is 52.0 Å². The van der Waals surface area contributed by atoms with E-state index in [1.165, 1.54) is 18.2 Å². The third-order valence-corrected chi connectivity index (χ3v) is 4.46. The Bertz CT molecular complexity index is 719. The summed E-state index contributed by atoms with van der Waals surface area (Å²) in [5, 5.41) is 0.404. The third kappa shape index (κ3) is 3.40. The van der Waals surface area contributed by atoms with E-state index in [1.54, 1.807) is 24.3 Å². The highest BCUT2D eigenvalue weighted by Crippen LogP contribution is 2.26. The van der Waals surface area contributed by atoms with E-state index in [-0.39, 0.29) is 10.6 Å². The fourth-order valence-electron chi connectivity index (χ4n) is 1.45. The Morgan fingerprint density at radius 2 is 1.89 bits per heavy atom. The van der Waals surface area contributed by atoms with Gasteiger partial charge in [-0.05, 0) is 36.4 Å². The van der Waals surface area contributed by atoms with Gasteiger partial charge in [-0.1, -0.05) is 33.6 Å². The molecule has 7 heteroatoms. The first kappa shape index (κ1) is 14.2. The van der Waals surface area contributed by atoms with Crippen LogP contribution in [-0.4, -0.2) is 8.42 Å². The molecule has 0 saturated carbocycles. The van der Waals surface area contributed by atoms with Crippen LogP contribution < -0.4 is 10.5 Å². The Morgan fingerprint density at radius 3 is 2.58 bits per heavy atom. The zero-order valence-electron chi connectivity index (χ0n) is 9.60. The van der Waals surface area contributed by atoms with Gasteiger partial charge < -0.3 is 5.73 Å². The molecule has 0 aliphatic rings. The van der Waals surface area contributed by atoms with E-state index in [0.29, 0.717) is 15.2 Å². The second kappa shape index (κ2) is 5.40. The van der Waals surface area contributed by atoms with Crippen LogP contribution in [0.25, 0.3) is 0 Å². The number of halogens is 2. The lowest BCUT2D eigenvalue weighted by molar-refractivity contribution is 0.601. The molecule has 2 rings (SSSR count). The van der Waals surface area contributed by atoms with Gasteiger partial charge in [-0.15, -0.1) is 0 Å². The number of anilines is 2. The quantitative estimate of drug-likeness (QED) is 0.822. The fraction of sp³-hybridized carbons (Fsp3) is 0. The van der Waals surface area contributed by atoms with E-state index < -0.39 is 10.0 Å². The second-order valence-corrected chi connectivity index (χ2v) is 6.83. The lowest BCUT2D eigenvalue weighted by atomic mass is 10.3. The normalized spacial score (nSPS) is 11.3. The van der Waals surface area contributed by atoms with Gasteiger partial charge in [-0.2, -0.15) is 0 Å². The molecule has 0 heterocycles. The van der Waals surface area contributed by atoms with Gasteiger partial charge in [0.15, 0.2) is 0 Å². The maximum absolute atomic E-state index is 12.2. The van der Waals surface area contributed by atoms with Crippen LogP contribution in [0.4, 0.5) is 11.4 Å². The Morgan fingerprint density at radius 1 is 1.16 bits per heavy atom. The minimum atomic E-state index is -3.69. The molecular formula is C12H10BrClN2O2S. The van der Waals surface area contributed by atoms with Gasteiger partial charge >= 0.3 is 0 Å². The zero-order chi connectivity index (χ0) is 14.0. The van der Waals surface area contributed by atoms with E-state index in [2.05, 4.69) is 20.7 Å². The van der Waals surface area contributed by atoms with E-state index >= 15 is 0 Å². The van der Waals surface area contributed by atoms with E-state index in [4.69, 9.17) is 17.3 Å². The van der Waals surface area contributed by atoms with Gasteiger partial charge in [-0.25, -0.2) is 8.42 Å². The molecule has 2 aromatic rings. The molecule has 0 atom stereocenters. The van der Waals surface area contributed by atoms with Crippen molar-refractivity contribution in [1.29, 1.82) is 0 Å². The van der Waals surface area contributed by atoms with Crippen LogP contribution in [0, 0.1) is 0 Å². The van der Waals surface area contributed by atoms with Crippen LogP contribution in [0.2, 0.25) is 5.02 Å². The summed E-state index contributed by atoms with van der Waals surface area (Å²) in [6.45, 7) is 0. The van der Waals surface area contributed by atoms with Crippen molar-refractivity contribution < 1.29 is 8.42 Å². The molecule has 0 spiro atoms. The van der Waals surface area contributed by atoms with Crippen LogP contribution >= 0.6 is 27.5 Å². The molecule has 100 valence electrons. The molecule has 0 aromatic heterocycles. The highest BCUT2D eigenvalue weighted by molar-refractivity contribution is 9.10. The first-order chi connectivity index (χ1) is 8.88. The van der Waals surface area contributed by atoms with Gasteiger partial charge in [0.1, 0.15) is 0 Å². The lowest BCUT2D eigenvalue weighted by Gasteiger charge is -2.10. The van der Waals surface area contributed by atoms with E-state index in [0.717, 1.165) is 0 Å². The number of benzene rings is 2. The van der Waals surface area contributed by atoms with E-state index in [1.807, 2.05) is 0 Å². The summed E-state index contributed by atoms with van der Waals surface area (Å²) in [4.78, 5) is 0.140. The fourth-order valence-corrected chi connectivity index (χ4v) is 3.30. The molecular weight excluding hydrogens is 352 g/mol. The largest absolute Gasteiger partial charge is 0.397 e. The molecule has 0 radical (unpaired) electrons. The minimum Gasteiger partial charge on any atom is -0.397 e. The van der Waals surface area contributed by atoms with Crippen molar-refractivity contribution in [1.82, 2.24) is 0 Å². The van der Waals surface area contributed by atoms with Gasteiger partial charge in [0, 0.05) is 9.50 Å². The number of nitrogens with two attached hydrogens (primary N) is 1. The number of nitrogens with one attached hydrogen (secondary N) is 1. The number of sulfonamides is 1. The maximum atomic E-state index is 12.2. The summed E-state index contributed by atoms with van der Waals surface area (Å²) in [7, 11) is -3.69. The average molecular weight is 362 g/mol. The average Bonchev–Trinajstić information content (AvgIpc) is 2.33. The molecule has 0 aliphatic heterocycles. The second-order valence-electron chi connectivity index (χ2n) is 3.79. The van der Waals surface area contributed by atoms with Crippen molar-refractivity contribution in [2.45, 2.75) is 4.90 Å². The van der Waals surface area contributed by atoms with Gasteiger partial charge in [0.05, 0.1) is 16.3 Å². The Balaban J connectivity index is 2.39. The molecule has 0 bridgehead atoms. The Labute approximate surface area is 124 Å². The molecule has 0 amide bonds. The molecule has 0 fully saturated rings. The summed E-state index contributed by atoms with van der Waals surface area (Å²) < 4.78 is 27.5. The Hall–Kier alpha value is -1.24. The third-order valence-electron chi connectivity index (χ3n) is 2.37. The number of hydrogen-bond acceptors (Lipinski definition) is 3. The van der Waals surface area contributed by atoms with Gasteiger partial charge in [0.2, 0.25) is 0 Å². The molecule has 2 aromatic carbocycles. The molecule has 3 N–H and O–H groups in total. The van der Waals surface area contributed by atoms with Crippen LogP contribution in [0.1, 0.15) is 0 Å². The lowest BCUT2D eigenvalue weighted by Crippen LogP contribution is -2.14. The number of nitrogen functional groups attached to an aromatic ring is 1. The number of rotatable bonds is 3. The zero-order valence-corrected chi connectivity index (χ0v) is 12.8. The number of hydrogen-bond donors (Lipinski definition) is 2. The SMILES string of the molecule is Nc1ccc(Cl)cc1NS(=O)(=O)c1cccc(Br)c1. The predicted octanol–water partition coefficient (Wildman–Crippen LogP) is 3.49. The van der Waals surface area contributed by atoms with Crippen molar-refractivity contribution in [2.75, 3.05) is 10.5 Å². The van der Waals surface area contributed by atoms with Crippen molar-refractivity contribution in [3.63, 3.8) is 0 Å². The first-order valence-corrected chi connectivity index (χ1v) is 7.87. The first-order valence-electron chi connectivity index (χ1n) is 5.22. The van der Waals surface area contributed by atoms with Crippen molar-refractivity contribution >= 4 is 48.9 Å². The van der Waals surface area contributed by atoms with Crippen molar-refractivity contribution in [2.24, 2.45) is 0 Å². The van der Waals surface area contributed by atoms with Crippen LogP contribution in [0.3, 0.4) is 0 Å². The van der Waals surface area contributed by atoms with Crippen molar-refractivity contribution in [3.8, 4) is 0 Å². The summed E-state index contributed by atoms with van der Waals surface area (Å²) in [6, 6.07) is 11.0. The molecule has 0 aliphatic carbocycles. The molecule has 19 heavy (non-hydrogen) atoms. The summed E-state index contributed by atoms with van der Waals surface area (Å²) in [6.07, 6.45) is 0. The highest BCUT2D eigenvalue weighted by atomic mass is 79.9. The minimum absolute atomic E-state index is 0.140. The highest BCUT2D eigenvalue weighted by Gasteiger charge is 2.15. The van der Waals surface area contributed by atoms with Gasteiger partial charge in [0.25, 0.3) is 10.0 Å². The Kier molecular flexibility index (Phi) is 4.03. The summed E-state index contributed by atoms with van der Waals surface area (Å²) in [5.41, 5.74) is 6.27. The topological polar surface area (TPSA) is 72.2 Å². The van der Waals surface area contributed by atoms with Crippen LogP contribution in [-0.2, 0) is 10.0 Å². The summed E-state index contributed by atoms with van der Waals surface area (Å²) >= 11 is 9.05. The van der Waals surface area contributed by atoms with Crippen LogP contribution in [0.15, 0.2) is 51.8 Å². The molecule has 0 unspecified atom stereocenters.